The molecule has 0 bridgehead atoms. The topological polar surface area (TPSA) is 40.5 Å². The Morgan fingerprint density at radius 2 is 2.32 bits per heavy atom. The largest absolute Gasteiger partial charge is 0.395 e. The zero-order valence-electron chi connectivity index (χ0n) is 11.2. The van der Waals surface area contributed by atoms with Gasteiger partial charge in [0.15, 0.2) is 0 Å². The van der Waals surface area contributed by atoms with Crippen molar-refractivity contribution >= 4 is 5.91 Å². The molecule has 1 N–H and O–H groups in total. The first-order valence-corrected chi connectivity index (χ1v) is 6.65. The van der Waals surface area contributed by atoms with E-state index in [2.05, 4.69) is 18.8 Å². The summed E-state index contributed by atoms with van der Waals surface area (Å²) in [4.78, 5) is 13.7. The molecule has 1 aliphatic heterocycles. The molecule has 0 saturated carbocycles. The van der Waals surface area contributed by atoms with Gasteiger partial charge in [0.1, 0.15) is 0 Å². The number of amides is 1. The van der Waals surface area contributed by atoms with Crippen molar-refractivity contribution in [3.8, 4) is 11.8 Å². The van der Waals surface area contributed by atoms with Gasteiger partial charge in [-0.1, -0.05) is 30.9 Å². The van der Waals surface area contributed by atoms with E-state index in [-0.39, 0.29) is 12.5 Å². The molecule has 0 spiro atoms. The Balaban J connectivity index is 2.03. The van der Waals surface area contributed by atoms with Crippen LogP contribution in [0.1, 0.15) is 30.9 Å². The molecule has 3 heteroatoms. The van der Waals surface area contributed by atoms with Gasteiger partial charge in [0, 0.05) is 31.5 Å². The summed E-state index contributed by atoms with van der Waals surface area (Å²) in [5.41, 5.74) is 2.05. The Morgan fingerprint density at radius 1 is 1.47 bits per heavy atom. The van der Waals surface area contributed by atoms with Crippen LogP contribution < -0.4 is 0 Å². The summed E-state index contributed by atoms with van der Waals surface area (Å²) >= 11 is 0. The van der Waals surface area contributed by atoms with Crippen molar-refractivity contribution in [1.82, 2.24) is 4.90 Å². The summed E-state index contributed by atoms with van der Waals surface area (Å²) in [6.45, 7) is 3.71. The van der Waals surface area contributed by atoms with Gasteiger partial charge in [-0.25, -0.2) is 0 Å². The van der Waals surface area contributed by atoms with Gasteiger partial charge >= 0.3 is 0 Å². The van der Waals surface area contributed by atoms with E-state index in [0.717, 1.165) is 17.7 Å². The molecule has 1 amide bonds. The molecular formula is C16H19NO2. The number of aliphatic hydroxyl groups is 1. The third kappa shape index (κ3) is 3.84. The van der Waals surface area contributed by atoms with E-state index in [4.69, 9.17) is 5.11 Å². The summed E-state index contributed by atoms with van der Waals surface area (Å²) in [5, 5.41) is 8.70. The Hall–Kier alpha value is -1.79. The van der Waals surface area contributed by atoms with Crippen molar-refractivity contribution in [2.45, 2.75) is 26.3 Å². The molecule has 0 radical (unpaired) electrons. The fourth-order valence-corrected chi connectivity index (χ4v) is 2.31. The lowest BCUT2D eigenvalue weighted by molar-refractivity contribution is -0.128. The molecule has 0 aliphatic carbocycles. The second-order valence-corrected chi connectivity index (χ2v) is 5.06. The minimum absolute atomic E-state index is 0.0901. The summed E-state index contributed by atoms with van der Waals surface area (Å²) in [6, 6.07) is 7.94. The quantitative estimate of drug-likeness (QED) is 0.839. The summed E-state index contributed by atoms with van der Waals surface area (Å²) in [5.74, 6) is 6.62. The van der Waals surface area contributed by atoms with Crippen LogP contribution >= 0.6 is 0 Å². The maximum absolute atomic E-state index is 11.8. The molecule has 1 unspecified atom stereocenters. The molecule has 0 aromatic heterocycles. The van der Waals surface area contributed by atoms with Crippen molar-refractivity contribution in [2.24, 2.45) is 5.92 Å². The van der Waals surface area contributed by atoms with E-state index in [1.165, 1.54) is 0 Å². The fraction of sp³-hybridized carbons (Fsp3) is 0.438. The summed E-state index contributed by atoms with van der Waals surface area (Å²) in [7, 11) is 0. The maximum Gasteiger partial charge on any atom is 0.223 e. The minimum atomic E-state index is 0.0901. The number of rotatable bonds is 3. The summed E-state index contributed by atoms with van der Waals surface area (Å²) in [6.07, 6.45) is 1.16. The van der Waals surface area contributed by atoms with Crippen molar-refractivity contribution < 1.29 is 9.90 Å². The second-order valence-electron chi connectivity index (χ2n) is 5.06. The number of likely N-dealkylation sites (tertiary alicyclic amines) is 1. The Kier molecular flexibility index (Phi) is 4.59. The van der Waals surface area contributed by atoms with E-state index in [9.17, 15) is 4.79 Å². The molecule has 1 atom stereocenters. The highest BCUT2D eigenvalue weighted by molar-refractivity contribution is 5.78. The minimum Gasteiger partial charge on any atom is -0.395 e. The van der Waals surface area contributed by atoms with Crippen LogP contribution in [0, 0.1) is 17.8 Å². The highest BCUT2D eigenvalue weighted by Crippen LogP contribution is 2.19. The molecular weight excluding hydrogens is 238 g/mol. The van der Waals surface area contributed by atoms with Crippen LogP contribution in [-0.4, -0.2) is 29.1 Å². The van der Waals surface area contributed by atoms with Crippen LogP contribution in [0.2, 0.25) is 0 Å². The van der Waals surface area contributed by atoms with Crippen LogP contribution in [0.25, 0.3) is 0 Å². The van der Waals surface area contributed by atoms with E-state index >= 15 is 0 Å². The predicted molar refractivity (Wildman–Crippen MR) is 74.2 cm³/mol. The number of benzene rings is 1. The van der Waals surface area contributed by atoms with Crippen LogP contribution in [-0.2, 0) is 11.3 Å². The lowest BCUT2D eigenvalue weighted by Gasteiger charge is -2.16. The highest BCUT2D eigenvalue weighted by Gasteiger charge is 2.26. The Morgan fingerprint density at radius 3 is 3.00 bits per heavy atom. The van der Waals surface area contributed by atoms with Gasteiger partial charge < -0.3 is 10.0 Å². The van der Waals surface area contributed by atoms with Crippen molar-refractivity contribution in [2.75, 3.05) is 13.2 Å². The Bertz CT molecular complexity index is 513. The van der Waals surface area contributed by atoms with E-state index in [1.807, 2.05) is 29.2 Å². The zero-order chi connectivity index (χ0) is 13.7. The third-order valence-corrected chi connectivity index (χ3v) is 3.18. The monoisotopic (exact) mass is 257 g/mol. The standard InChI is InChI=1S/C16H19NO2/c1-13-9-16(19)17(11-13)12-15-7-4-6-14(10-15)5-2-3-8-18/h4,6-7,10,13,18H,3,8-9,11-12H2,1H3. The molecule has 100 valence electrons. The van der Waals surface area contributed by atoms with Crippen LogP contribution in [0.3, 0.4) is 0 Å². The van der Waals surface area contributed by atoms with Crippen molar-refractivity contribution in [1.29, 1.82) is 0 Å². The molecule has 1 aromatic carbocycles. The van der Waals surface area contributed by atoms with Gasteiger partial charge in [-0.05, 0) is 23.6 Å². The van der Waals surface area contributed by atoms with E-state index < -0.39 is 0 Å². The fourth-order valence-electron chi connectivity index (χ4n) is 2.31. The summed E-state index contributed by atoms with van der Waals surface area (Å²) < 4.78 is 0. The van der Waals surface area contributed by atoms with Gasteiger partial charge in [-0.3, -0.25) is 4.79 Å². The number of carbonyl (C=O) groups is 1. The molecule has 19 heavy (non-hydrogen) atoms. The third-order valence-electron chi connectivity index (χ3n) is 3.18. The first-order valence-electron chi connectivity index (χ1n) is 6.65. The first-order chi connectivity index (χ1) is 9.19. The highest BCUT2D eigenvalue weighted by atomic mass is 16.2. The molecule has 3 nitrogen and oxygen atoms in total. The van der Waals surface area contributed by atoms with Crippen LogP contribution in [0.5, 0.6) is 0 Å². The van der Waals surface area contributed by atoms with Gasteiger partial charge in [0.2, 0.25) is 5.91 Å². The lowest BCUT2D eigenvalue weighted by atomic mass is 10.1. The van der Waals surface area contributed by atoms with Gasteiger partial charge in [-0.2, -0.15) is 0 Å². The second kappa shape index (κ2) is 6.40. The van der Waals surface area contributed by atoms with Gasteiger partial charge in [-0.15, -0.1) is 0 Å². The molecule has 1 heterocycles. The van der Waals surface area contributed by atoms with Crippen molar-refractivity contribution in [3.05, 3.63) is 35.4 Å². The van der Waals surface area contributed by atoms with Crippen LogP contribution in [0.4, 0.5) is 0 Å². The van der Waals surface area contributed by atoms with Gasteiger partial charge in [0.25, 0.3) is 0 Å². The normalized spacial score (nSPS) is 18.3. The lowest BCUT2D eigenvalue weighted by Crippen LogP contribution is -2.24. The van der Waals surface area contributed by atoms with Crippen LogP contribution in [0.15, 0.2) is 24.3 Å². The predicted octanol–water partition coefficient (Wildman–Crippen LogP) is 1.79. The number of nitrogens with zero attached hydrogens (tertiary/aromatic N) is 1. The maximum atomic E-state index is 11.8. The average Bonchev–Trinajstić information content (AvgIpc) is 2.69. The zero-order valence-corrected chi connectivity index (χ0v) is 11.2. The SMILES string of the molecule is CC1CC(=O)N(Cc2cccc(C#CCCO)c2)C1. The van der Waals surface area contributed by atoms with E-state index in [0.29, 0.717) is 25.3 Å². The molecule has 1 aromatic rings. The smallest absolute Gasteiger partial charge is 0.223 e. The number of hydrogen-bond acceptors (Lipinski definition) is 2. The molecule has 1 aliphatic rings. The van der Waals surface area contributed by atoms with Gasteiger partial charge in [0.05, 0.1) is 6.61 Å². The average molecular weight is 257 g/mol. The number of aliphatic hydroxyl groups excluding tert-OH is 1. The molecule has 2 rings (SSSR count). The number of hydrogen-bond donors (Lipinski definition) is 1. The van der Waals surface area contributed by atoms with E-state index in [1.54, 1.807) is 0 Å². The first kappa shape index (κ1) is 13.6. The number of carbonyl (C=O) groups excluding carboxylic acids is 1. The van der Waals surface area contributed by atoms with Crippen molar-refractivity contribution in [3.63, 3.8) is 0 Å². The Labute approximate surface area is 114 Å². The molecule has 1 fully saturated rings. The molecule has 1 saturated heterocycles.